The molecule has 7 nitrogen and oxygen atoms in total. The Balaban J connectivity index is 1.53. The molecule has 1 amide bonds. The van der Waals surface area contributed by atoms with Gasteiger partial charge in [-0.05, 0) is 102 Å². The highest BCUT2D eigenvalue weighted by Gasteiger charge is 2.33. The molecular weight excluding hydrogens is 697 g/mol. The van der Waals surface area contributed by atoms with E-state index in [-0.39, 0.29) is 44.2 Å². The van der Waals surface area contributed by atoms with Gasteiger partial charge in [-0.15, -0.1) is 0 Å². The molecule has 4 aromatic rings. The monoisotopic (exact) mass is 740 g/mol. The van der Waals surface area contributed by atoms with Gasteiger partial charge < -0.3 is 10.2 Å². The molecule has 2 fully saturated rings. The van der Waals surface area contributed by atoms with E-state index in [1.54, 1.807) is 19.9 Å². The molecule has 0 saturated carbocycles. The number of carbonyl (C=O) groups is 1. The van der Waals surface area contributed by atoms with Crippen LogP contribution in [0.3, 0.4) is 0 Å². The highest BCUT2D eigenvalue weighted by Crippen LogP contribution is 2.39. The molecule has 6 rings (SSSR count). The lowest BCUT2D eigenvalue weighted by molar-refractivity contribution is -0.137. The number of aromatic nitrogens is 1. The van der Waals surface area contributed by atoms with E-state index >= 15 is 0 Å². The lowest BCUT2D eigenvalue weighted by Gasteiger charge is -2.40. The first-order chi connectivity index (χ1) is 24.2. The third kappa shape index (κ3) is 8.11. The normalized spacial score (nSPS) is 17.6. The second-order valence-corrected chi connectivity index (χ2v) is 16.9. The number of likely N-dealkylation sites (tertiary alicyclic amines) is 2. The predicted molar refractivity (Wildman–Crippen MR) is 196 cm³/mol. The zero-order valence-corrected chi connectivity index (χ0v) is 30.7. The number of hydrogen-bond acceptors (Lipinski definition) is 6. The summed E-state index contributed by atoms with van der Waals surface area (Å²) in [5.74, 6) is -0.486. The van der Waals surface area contributed by atoms with E-state index in [1.165, 1.54) is 37.5 Å². The Bertz CT molecular complexity index is 1990. The summed E-state index contributed by atoms with van der Waals surface area (Å²) in [6, 6.07) is 17.2. The van der Waals surface area contributed by atoms with Crippen molar-refractivity contribution in [3.8, 4) is 11.3 Å². The SMILES string of the molecule is CC(C)S(=O)(=O)c1cc2c(C(=O)N[C@@H](C)c3ccccc3)c(CN3CCC(N4CCCCC4)CC3)c(-c3cccc(C(F)(F)F)c3)nc2cc1Cl. The molecule has 3 heterocycles. The van der Waals surface area contributed by atoms with Crippen molar-refractivity contribution in [1.82, 2.24) is 20.1 Å². The van der Waals surface area contributed by atoms with Crippen molar-refractivity contribution >= 4 is 38.2 Å². The quantitative estimate of drug-likeness (QED) is 0.185. The van der Waals surface area contributed by atoms with Crippen LogP contribution in [-0.2, 0) is 22.6 Å². The van der Waals surface area contributed by atoms with Crippen molar-refractivity contribution in [2.24, 2.45) is 0 Å². The summed E-state index contributed by atoms with van der Waals surface area (Å²) < 4.78 is 69.0. The second kappa shape index (κ2) is 15.2. The highest BCUT2D eigenvalue weighted by atomic mass is 35.5. The van der Waals surface area contributed by atoms with Crippen LogP contribution in [0, 0.1) is 0 Å². The molecule has 0 aliphatic carbocycles. The van der Waals surface area contributed by atoms with Crippen LogP contribution < -0.4 is 5.32 Å². The minimum atomic E-state index is -4.60. The molecule has 0 bridgehead atoms. The Hall–Kier alpha value is -3.51. The van der Waals surface area contributed by atoms with Crippen molar-refractivity contribution < 1.29 is 26.4 Å². The summed E-state index contributed by atoms with van der Waals surface area (Å²) in [6.07, 6.45) is 0.904. The lowest BCUT2D eigenvalue weighted by atomic mass is 9.93. The number of hydrogen-bond donors (Lipinski definition) is 1. The third-order valence-electron chi connectivity index (χ3n) is 10.3. The van der Waals surface area contributed by atoms with E-state index in [0.29, 0.717) is 11.6 Å². The Morgan fingerprint density at radius 3 is 2.27 bits per heavy atom. The van der Waals surface area contributed by atoms with Gasteiger partial charge in [0.25, 0.3) is 5.91 Å². The Morgan fingerprint density at radius 2 is 1.63 bits per heavy atom. The van der Waals surface area contributed by atoms with Gasteiger partial charge in [0.1, 0.15) is 0 Å². The summed E-state index contributed by atoms with van der Waals surface area (Å²) in [5, 5.41) is 2.49. The zero-order valence-electron chi connectivity index (χ0n) is 29.1. The molecule has 2 aliphatic heterocycles. The number of nitrogens with one attached hydrogen (secondary N) is 1. The lowest BCUT2D eigenvalue weighted by Crippen LogP contribution is -2.46. The fourth-order valence-corrected chi connectivity index (χ4v) is 8.92. The number of piperidine rings is 2. The van der Waals surface area contributed by atoms with Gasteiger partial charge in [-0.2, -0.15) is 13.2 Å². The molecule has 1 aromatic heterocycles. The van der Waals surface area contributed by atoms with Gasteiger partial charge >= 0.3 is 6.18 Å². The minimum Gasteiger partial charge on any atom is -0.345 e. The third-order valence-corrected chi connectivity index (χ3v) is 12.9. The van der Waals surface area contributed by atoms with Gasteiger partial charge in [-0.1, -0.05) is 60.5 Å². The maximum atomic E-state index is 14.6. The molecule has 1 N–H and O–H groups in total. The first-order valence-electron chi connectivity index (χ1n) is 17.6. The Labute approximate surface area is 303 Å². The highest BCUT2D eigenvalue weighted by molar-refractivity contribution is 7.92. The standard InChI is InChI=1S/C39H44ClF3N4O3S/c1-25(2)51(49,50)35-22-31-34(23-33(35)40)45-37(28-13-10-14-29(21-28)39(41,42)43)32(36(31)38(48)44-26(3)27-11-6-4-7-12-27)24-46-19-15-30(16-20-46)47-17-8-5-9-18-47/h4,6-7,10-14,21-23,25-26,30H,5,8-9,15-20,24H2,1-3H3,(H,44,48)/t26-/m0/s1. The van der Waals surface area contributed by atoms with Crippen LogP contribution in [0.1, 0.15) is 86.0 Å². The number of pyridine rings is 1. The van der Waals surface area contributed by atoms with E-state index in [0.717, 1.165) is 56.7 Å². The zero-order chi connectivity index (χ0) is 36.5. The van der Waals surface area contributed by atoms with Crippen LogP contribution in [0.25, 0.3) is 22.2 Å². The van der Waals surface area contributed by atoms with Crippen molar-refractivity contribution in [3.05, 3.63) is 94.0 Å². The van der Waals surface area contributed by atoms with Gasteiger partial charge in [-0.25, -0.2) is 13.4 Å². The number of carbonyl (C=O) groups excluding carboxylic acids is 1. The molecule has 2 saturated heterocycles. The number of benzene rings is 3. The van der Waals surface area contributed by atoms with Crippen LogP contribution in [-0.4, -0.2) is 66.6 Å². The summed E-state index contributed by atoms with van der Waals surface area (Å²) in [5.41, 5.74) is 1.26. The fourth-order valence-electron chi connectivity index (χ4n) is 7.31. The molecule has 0 spiro atoms. The second-order valence-electron chi connectivity index (χ2n) is 14.0. The molecule has 0 radical (unpaired) electrons. The maximum Gasteiger partial charge on any atom is 0.416 e. The molecule has 1 atom stereocenters. The maximum absolute atomic E-state index is 14.6. The topological polar surface area (TPSA) is 82.6 Å². The first-order valence-corrected chi connectivity index (χ1v) is 19.6. The molecular formula is C39H44ClF3N4O3S. The van der Waals surface area contributed by atoms with Gasteiger partial charge in [0.2, 0.25) is 0 Å². The van der Waals surface area contributed by atoms with Gasteiger partial charge in [0, 0.05) is 29.1 Å². The number of fused-ring (bicyclic) bond motifs is 1. The Morgan fingerprint density at radius 1 is 0.941 bits per heavy atom. The number of halogens is 4. The predicted octanol–water partition coefficient (Wildman–Crippen LogP) is 8.70. The number of amides is 1. The number of rotatable bonds is 9. The van der Waals surface area contributed by atoms with E-state index in [2.05, 4.69) is 15.1 Å². The molecule has 272 valence electrons. The van der Waals surface area contributed by atoms with E-state index in [1.807, 2.05) is 37.3 Å². The number of sulfone groups is 1. The van der Waals surface area contributed by atoms with Crippen LogP contribution in [0.15, 0.2) is 71.6 Å². The summed E-state index contributed by atoms with van der Waals surface area (Å²) in [4.78, 5) is 24.2. The van der Waals surface area contributed by atoms with Gasteiger partial charge in [0.05, 0.1) is 43.5 Å². The molecule has 51 heavy (non-hydrogen) atoms. The average Bonchev–Trinajstić information content (AvgIpc) is 3.11. The van der Waals surface area contributed by atoms with Crippen LogP contribution >= 0.6 is 11.6 Å². The van der Waals surface area contributed by atoms with Gasteiger partial charge in [-0.3, -0.25) is 9.69 Å². The Kier molecular flexibility index (Phi) is 11.1. The number of nitrogens with zero attached hydrogens (tertiary/aromatic N) is 3. The largest absolute Gasteiger partial charge is 0.416 e. The van der Waals surface area contributed by atoms with Crippen molar-refractivity contribution in [2.75, 3.05) is 26.2 Å². The van der Waals surface area contributed by atoms with E-state index in [9.17, 15) is 26.4 Å². The van der Waals surface area contributed by atoms with E-state index < -0.39 is 38.8 Å². The first kappa shape index (κ1) is 37.3. The van der Waals surface area contributed by atoms with E-state index in [4.69, 9.17) is 16.6 Å². The van der Waals surface area contributed by atoms with Crippen molar-refractivity contribution in [3.63, 3.8) is 0 Å². The number of alkyl halides is 3. The van der Waals surface area contributed by atoms with Crippen molar-refractivity contribution in [1.29, 1.82) is 0 Å². The minimum absolute atomic E-state index is 0.0739. The summed E-state index contributed by atoms with van der Waals surface area (Å²) in [7, 11) is -3.88. The van der Waals surface area contributed by atoms with Gasteiger partial charge in [0.15, 0.2) is 9.84 Å². The van der Waals surface area contributed by atoms with Crippen molar-refractivity contribution in [2.45, 2.75) is 87.8 Å². The summed E-state index contributed by atoms with van der Waals surface area (Å²) in [6.45, 7) is 8.84. The average molecular weight is 741 g/mol. The molecule has 12 heteroatoms. The van der Waals surface area contributed by atoms with Crippen LogP contribution in [0.4, 0.5) is 13.2 Å². The molecule has 2 aliphatic rings. The fraction of sp³-hybridized carbons (Fsp3) is 0.436. The van der Waals surface area contributed by atoms with Crippen LogP contribution in [0.5, 0.6) is 0 Å². The van der Waals surface area contributed by atoms with Crippen LogP contribution in [0.2, 0.25) is 5.02 Å². The molecule has 3 aromatic carbocycles. The smallest absolute Gasteiger partial charge is 0.345 e. The summed E-state index contributed by atoms with van der Waals surface area (Å²) >= 11 is 6.60. The molecule has 0 unspecified atom stereocenters.